The fourth-order valence-corrected chi connectivity index (χ4v) is 1.21. The summed E-state index contributed by atoms with van der Waals surface area (Å²) in [5.74, 6) is 0.566. The highest BCUT2D eigenvalue weighted by Crippen LogP contribution is 2.03. The largest absolute Gasteiger partial charge is 0.372 e. The third-order valence-corrected chi connectivity index (χ3v) is 2.05. The monoisotopic (exact) mass is 208 g/mol. The number of hydrogen-bond acceptors (Lipinski definition) is 4. The summed E-state index contributed by atoms with van der Waals surface area (Å²) in [6.45, 7) is 2.76. The summed E-state index contributed by atoms with van der Waals surface area (Å²) in [5.41, 5.74) is 0.380. The molecule has 0 saturated heterocycles. The molecule has 5 heteroatoms. The van der Waals surface area contributed by atoms with Crippen LogP contribution in [0.25, 0.3) is 0 Å². The third kappa shape index (κ3) is 2.90. The van der Waals surface area contributed by atoms with Crippen LogP contribution < -0.4 is 5.32 Å². The molecule has 0 saturated carbocycles. The Morgan fingerprint density at radius 3 is 2.67 bits per heavy atom. The van der Waals surface area contributed by atoms with Gasteiger partial charge in [0.2, 0.25) is 0 Å². The second kappa shape index (κ2) is 5.29. The molecule has 0 bridgehead atoms. The molecule has 1 heterocycles. The summed E-state index contributed by atoms with van der Waals surface area (Å²) < 4.78 is 0. The van der Waals surface area contributed by atoms with E-state index in [0.29, 0.717) is 11.5 Å². The SMILES string of the molecule is CCCN(C)C(=O)c1ccc(NC)nn1. The van der Waals surface area contributed by atoms with Crippen LogP contribution in [0, 0.1) is 0 Å². The minimum Gasteiger partial charge on any atom is -0.372 e. The average molecular weight is 208 g/mol. The highest BCUT2D eigenvalue weighted by atomic mass is 16.2. The fraction of sp³-hybridized carbons (Fsp3) is 0.500. The Bertz CT molecular complexity index is 323. The number of nitrogens with zero attached hydrogens (tertiary/aromatic N) is 3. The van der Waals surface area contributed by atoms with Gasteiger partial charge >= 0.3 is 0 Å². The molecule has 1 aromatic heterocycles. The van der Waals surface area contributed by atoms with E-state index in [2.05, 4.69) is 15.5 Å². The van der Waals surface area contributed by atoms with E-state index < -0.39 is 0 Å². The number of carbonyl (C=O) groups is 1. The second-order valence-electron chi connectivity index (χ2n) is 3.28. The molecule has 0 aliphatic rings. The van der Waals surface area contributed by atoms with Gasteiger partial charge < -0.3 is 10.2 Å². The zero-order chi connectivity index (χ0) is 11.3. The number of anilines is 1. The molecular weight excluding hydrogens is 192 g/mol. The topological polar surface area (TPSA) is 58.1 Å². The molecule has 82 valence electrons. The summed E-state index contributed by atoms with van der Waals surface area (Å²) in [7, 11) is 3.52. The smallest absolute Gasteiger partial charge is 0.274 e. The van der Waals surface area contributed by atoms with E-state index in [0.717, 1.165) is 13.0 Å². The Hall–Kier alpha value is -1.65. The zero-order valence-electron chi connectivity index (χ0n) is 9.32. The fourth-order valence-electron chi connectivity index (χ4n) is 1.21. The summed E-state index contributed by atoms with van der Waals surface area (Å²) >= 11 is 0. The molecule has 0 unspecified atom stereocenters. The van der Waals surface area contributed by atoms with Crippen molar-refractivity contribution >= 4 is 11.7 Å². The highest BCUT2D eigenvalue weighted by Gasteiger charge is 2.12. The molecule has 0 aliphatic heterocycles. The van der Waals surface area contributed by atoms with Crippen LogP contribution in [0.4, 0.5) is 5.82 Å². The van der Waals surface area contributed by atoms with Crippen LogP contribution in [0.1, 0.15) is 23.8 Å². The van der Waals surface area contributed by atoms with Gasteiger partial charge in [0.1, 0.15) is 5.82 Å². The maximum Gasteiger partial charge on any atom is 0.274 e. The lowest BCUT2D eigenvalue weighted by molar-refractivity contribution is 0.0788. The minimum absolute atomic E-state index is 0.0907. The lowest BCUT2D eigenvalue weighted by atomic mass is 10.3. The zero-order valence-corrected chi connectivity index (χ0v) is 9.32. The van der Waals surface area contributed by atoms with E-state index in [1.54, 1.807) is 31.1 Å². The van der Waals surface area contributed by atoms with Crippen molar-refractivity contribution < 1.29 is 4.79 Å². The summed E-state index contributed by atoms with van der Waals surface area (Å²) in [4.78, 5) is 13.4. The van der Waals surface area contributed by atoms with Gasteiger partial charge in [-0.3, -0.25) is 4.79 Å². The van der Waals surface area contributed by atoms with E-state index in [9.17, 15) is 4.79 Å². The van der Waals surface area contributed by atoms with Crippen molar-refractivity contribution in [2.45, 2.75) is 13.3 Å². The van der Waals surface area contributed by atoms with Crippen molar-refractivity contribution in [1.29, 1.82) is 0 Å². The van der Waals surface area contributed by atoms with Gasteiger partial charge in [-0.1, -0.05) is 6.92 Å². The lowest BCUT2D eigenvalue weighted by Crippen LogP contribution is -2.28. The van der Waals surface area contributed by atoms with E-state index >= 15 is 0 Å². The Morgan fingerprint density at radius 1 is 1.47 bits per heavy atom. The molecule has 15 heavy (non-hydrogen) atoms. The first kappa shape index (κ1) is 11.4. The van der Waals surface area contributed by atoms with Crippen LogP contribution in [0.2, 0.25) is 0 Å². The summed E-state index contributed by atoms with van der Waals surface area (Å²) in [6.07, 6.45) is 0.935. The number of rotatable bonds is 4. The van der Waals surface area contributed by atoms with Crippen molar-refractivity contribution in [1.82, 2.24) is 15.1 Å². The van der Waals surface area contributed by atoms with Crippen molar-refractivity contribution in [3.8, 4) is 0 Å². The Labute approximate surface area is 89.5 Å². The van der Waals surface area contributed by atoms with Crippen LogP contribution in [-0.4, -0.2) is 41.6 Å². The number of hydrogen-bond donors (Lipinski definition) is 1. The molecular formula is C10H16N4O. The van der Waals surface area contributed by atoms with Gasteiger partial charge in [-0.2, -0.15) is 0 Å². The maximum absolute atomic E-state index is 11.7. The Morgan fingerprint density at radius 2 is 2.20 bits per heavy atom. The van der Waals surface area contributed by atoms with Gasteiger partial charge in [0.25, 0.3) is 5.91 Å². The van der Waals surface area contributed by atoms with Gasteiger partial charge in [0, 0.05) is 20.6 Å². The number of nitrogens with one attached hydrogen (secondary N) is 1. The first-order valence-corrected chi connectivity index (χ1v) is 4.96. The first-order valence-electron chi connectivity index (χ1n) is 4.96. The molecule has 5 nitrogen and oxygen atoms in total. The highest BCUT2D eigenvalue weighted by molar-refractivity contribution is 5.92. The normalized spacial score (nSPS) is 9.80. The van der Waals surface area contributed by atoms with Gasteiger partial charge in [-0.25, -0.2) is 0 Å². The van der Waals surface area contributed by atoms with Gasteiger partial charge in [-0.15, -0.1) is 10.2 Å². The Balaban J connectivity index is 2.73. The van der Waals surface area contributed by atoms with Crippen LogP contribution >= 0.6 is 0 Å². The number of amides is 1. The van der Waals surface area contributed by atoms with Crippen LogP contribution in [0.15, 0.2) is 12.1 Å². The molecule has 1 amide bonds. The number of aromatic nitrogens is 2. The number of carbonyl (C=O) groups excluding carboxylic acids is 1. The molecule has 1 N–H and O–H groups in total. The first-order chi connectivity index (χ1) is 7.19. The van der Waals surface area contributed by atoms with Crippen LogP contribution in [-0.2, 0) is 0 Å². The van der Waals surface area contributed by atoms with Gasteiger partial charge in [0.15, 0.2) is 5.69 Å². The minimum atomic E-state index is -0.0907. The molecule has 0 aliphatic carbocycles. The average Bonchev–Trinajstić information content (AvgIpc) is 2.28. The Kier molecular flexibility index (Phi) is 4.03. The summed E-state index contributed by atoms with van der Waals surface area (Å²) in [5, 5.41) is 10.6. The van der Waals surface area contributed by atoms with Crippen molar-refractivity contribution in [2.75, 3.05) is 26.0 Å². The van der Waals surface area contributed by atoms with Crippen molar-refractivity contribution in [2.24, 2.45) is 0 Å². The van der Waals surface area contributed by atoms with Crippen LogP contribution in [0.3, 0.4) is 0 Å². The molecule has 0 aromatic carbocycles. The van der Waals surface area contributed by atoms with Crippen molar-refractivity contribution in [3.63, 3.8) is 0 Å². The lowest BCUT2D eigenvalue weighted by Gasteiger charge is -2.14. The van der Waals surface area contributed by atoms with E-state index in [4.69, 9.17) is 0 Å². The van der Waals surface area contributed by atoms with Gasteiger partial charge in [0.05, 0.1) is 0 Å². The molecule has 0 atom stereocenters. The molecule has 0 radical (unpaired) electrons. The quantitative estimate of drug-likeness (QED) is 0.802. The summed E-state index contributed by atoms with van der Waals surface area (Å²) in [6, 6.07) is 3.41. The predicted octanol–water partition coefficient (Wildman–Crippen LogP) is 1.00. The van der Waals surface area contributed by atoms with Crippen LogP contribution in [0.5, 0.6) is 0 Å². The standard InChI is InChI=1S/C10H16N4O/c1-4-7-14(3)10(15)8-5-6-9(11-2)13-12-8/h5-6H,4,7H2,1-3H3,(H,11,13). The maximum atomic E-state index is 11.7. The predicted molar refractivity (Wildman–Crippen MR) is 58.8 cm³/mol. The van der Waals surface area contributed by atoms with E-state index in [1.807, 2.05) is 6.92 Å². The van der Waals surface area contributed by atoms with E-state index in [-0.39, 0.29) is 5.91 Å². The second-order valence-corrected chi connectivity index (χ2v) is 3.28. The molecule has 0 spiro atoms. The van der Waals surface area contributed by atoms with Crippen molar-refractivity contribution in [3.05, 3.63) is 17.8 Å². The van der Waals surface area contributed by atoms with E-state index in [1.165, 1.54) is 0 Å². The van der Waals surface area contributed by atoms with Gasteiger partial charge in [-0.05, 0) is 18.6 Å². The molecule has 0 fully saturated rings. The molecule has 1 aromatic rings. The third-order valence-electron chi connectivity index (χ3n) is 2.05. The molecule has 1 rings (SSSR count).